The Labute approximate surface area is 112 Å². The molecule has 1 aromatic carbocycles. The summed E-state index contributed by atoms with van der Waals surface area (Å²) in [7, 11) is 1.89. The minimum Gasteiger partial charge on any atom is -0.313 e. The summed E-state index contributed by atoms with van der Waals surface area (Å²) in [6, 6.07) is 5.75. The molecule has 0 aliphatic heterocycles. The lowest BCUT2D eigenvalue weighted by Crippen LogP contribution is -2.27. The zero-order valence-electron chi connectivity index (χ0n) is 11.1. The van der Waals surface area contributed by atoms with Gasteiger partial charge in [-0.25, -0.2) is 0 Å². The molecule has 0 saturated heterocycles. The van der Waals surface area contributed by atoms with E-state index in [9.17, 15) is 13.2 Å². The third kappa shape index (κ3) is 3.50. The molecule has 0 bridgehead atoms. The zero-order chi connectivity index (χ0) is 13.9. The SMILES string of the molecule is CNC(c1ccc(C(F)(F)F)cc1)C1CCCCC1. The van der Waals surface area contributed by atoms with Gasteiger partial charge in [0.15, 0.2) is 0 Å². The molecule has 0 radical (unpaired) electrons. The summed E-state index contributed by atoms with van der Waals surface area (Å²) in [4.78, 5) is 0. The van der Waals surface area contributed by atoms with Crippen LogP contribution < -0.4 is 5.32 Å². The van der Waals surface area contributed by atoms with Gasteiger partial charge in [-0.2, -0.15) is 13.2 Å². The van der Waals surface area contributed by atoms with Gasteiger partial charge >= 0.3 is 6.18 Å². The van der Waals surface area contributed by atoms with Gasteiger partial charge in [0.05, 0.1) is 5.56 Å². The number of halogens is 3. The summed E-state index contributed by atoms with van der Waals surface area (Å²) in [6.45, 7) is 0. The maximum absolute atomic E-state index is 12.5. The average molecular weight is 271 g/mol. The van der Waals surface area contributed by atoms with Crippen molar-refractivity contribution in [1.29, 1.82) is 0 Å². The topological polar surface area (TPSA) is 12.0 Å². The number of benzene rings is 1. The molecule has 106 valence electrons. The maximum atomic E-state index is 12.5. The molecule has 19 heavy (non-hydrogen) atoms. The lowest BCUT2D eigenvalue weighted by Gasteiger charge is -2.30. The van der Waals surface area contributed by atoms with Crippen LogP contribution in [0.3, 0.4) is 0 Å². The van der Waals surface area contributed by atoms with Crippen molar-refractivity contribution in [3.63, 3.8) is 0 Å². The molecule has 1 unspecified atom stereocenters. The van der Waals surface area contributed by atoms with Crippen LogP contribution in [-0.2, 0) is 6.18 Å². The van der Waals surface area contributed by atoms with Crippen molar-refractivity contribution in [2.24, 2.45) is 5.92 Å². The summed E-state index contributed by atoms with van der Waals surface area (Å²) in [5, 5.41) is 3.27. The van der Waals surface area contributed by atoms with Crippen LogP contribution in [0.4, 0.5) is 13.2 Å². The highest BCUT2D eigenvalue weighted by Gasteiger charge is 2.31. The third-order valence-corrected chi connectivity index (χ3v) is 4.03. The Bertz CT molecular complexity index is 391. The molecule has 0 aromatic heterocycles. The minimum atomic E-state index is -4.25. The van der Waals surface area contributed by atoms with Gasteiger partial charge in [-0.15, -0.1) is 0 Å². The van der Waals surface area contributed by atoms with Crippen molar-refractivity contribution in [2.45, 2.75) is 44.3 Å². The van der Waals surface area contributed by atoms with E-state index in [4.69, 9.17) is 0 Å². The van der Waals surface area contributed by atoms with Crippen LogP contribution in [0, 0.1) is 5.92 Å². The number of rotatable bonds is 3. The molecule has 1 N–H and O–H groups in total. The van der Waals surface area contributed by atoms with Crippen LogP contribution in [0.5, 0.6) is 0 Å². The first-order valence-electron chi connectivity index (χ1n) is 6.87. The molecule has 2 rings (SSSR count). The Hall–Kier alpha value is -1.03. The summed E-state index contributed by atoms with van der Waals surface area (Å²) in [6.07, 6.45) is 1.80. The number of hydrogen-bond donors (Lipinski definition) is 1. The van der Waals surface area contributed by atoms with Crippen LogP contribution in [0.25, 0.3) is 0 Å². The fourth-order valence-corrected chi connectivity index (χ4v) is 3.02. The highest BCUT2D eigenvalue weighted by atomic mass is 19.4. The van der Waals surface area contributed by atoms with Crippen molar-refractivity contribution < 1.29 is 13.2 Å². The summed E-state index contributed by atoms with van der Waals surface area (Å²) in [5.41, 5.74) is 0.386. The zero-order valence-corrected chi connectivity index (χ0v) is 11.1. The van der Waals surface area contributed by atoms with E-state index in [2.05, 4.69) is 5.32 Å². The predicted octanol–water partition coefficient (Wildman–Crippen LogP) is 4.55. The molecule has 1 atom stereocenters. The number of nitrogens with one attached hydrogen (secondary N) is 1. The van der Waals surface area contributed by atoms with Gasteiger partial charge < -0.3 is 5.32 Å². The van der Waals surface area contributed by atoms with E-state index < -0.39 is 11.7 Å². The molecule has 0 heterocycles. The Morgan fingerprint density at radius 2 is 1.63 bits per heavy atom. The van der Waals surface area contributed by atoms with Crippen molar-refractivity contribution in [3.05, 3.63) is 35.4 Å². The maximum Gasteiger partial charge on any atom is 0.416 e. The smallest absolute Gasteiger partial charge is 0.313 e. The standard InChI is InChI=1S/C15H20F3N/c1-19-14(11-5-3-2-4-6-11)12-7-9-13(10-8-12)15(16,17)18/h7-11,14,19H,2-6H2,1H3. The first-order chi connectivity index (χ1) is 9.02. The van der Waals surface area contributed by atoms with E-state index in [1.54, 1.807) is 12.1 Å². The third-order valence-electron chi connectivity index (χ3n) is 4.03. The minimum absolute atomic E-state index is 0.169. The summed E-state index contributed by atoms with van der Waals surface area (Å²) < 4.78 is 37.6. The average Bonchev–Trinajstić information content (AvgIpc) is 2.40. The molecular weight excluding hydrogens is 251 g/mol. The van der Waals surface area contributed by atoms with E-state index in [0.717, 1.165) is 18.4 Å². The van der Waals surface area contributed by atoms with Gasteiger partial charge in [0.1, 0.15) is 0 Å². The van der Waals surface area contributed by atoms with Gasteiger partial charge in [-0.1, -0.05) is 31.4 Å². The largest absolute Gasteiger partial charge is 0.416 e. The normalized spacial score (nSPS) is 19.4. The molecule has 4 heteroatoms. The first kappa shape index (κ1) is 14.4. The number of hydrogen-bond acceptors (Lipinski definition) is 1. The van der Waals surface area contributed by atoms with Crippen LogP contribution >= 0.6 is 0 Å². The molecule has 1 aliphatic rings. The second-order valence-electron chi connectivity index (χ2n) is 5.28. The van der Waals surface area contributed by atoms with Gasteiger partial charge in [-0.3, -0.25) is 0 Å². The first-order valence-corrected chi connectivity index (χ1v) is 6.87. The van der Waals surface area contributed by atoms with Crippen molar-refractivity contribution >= 4 is 0 Å². The molecule has 1 saturated carbocycles. The molecular formula is C15H20F3N. The van der Waals surface area contributed by atoms with Gasteiger partial charge in [0.2, 0.25) is 0 Å². The van der Waals surface area contributed by atoms with Crippen molar-refractivity contribution in [2.75, 3.05) is 7.05 Å². The fourth-order valence-electron chi connectivity index (χ4n) is 3.02. The van der Waals surface area contributed by atoms with Crippen LogP contribution in [0.1, 0.15) is 49.3 Å². The molecule has 1 fully saturated rings. The predicted molar refractivity (Wildman–Crippen MR) is 69.8 cm³/mol. The number of alkyl halides is 3. The Kier molecular flexibility index (Phi) is 4.50. The van der Waals surface area contributed by atoms with Crippen molar-refractivity contribution in [3.8, 4) is 0 Å². The van der Waals surface area contributed by atoms with Gasteiger partial charge in [0, 0.05) is 6.04 Å². The lowest BCUT2D eigenvalue weighted by atomic mass is 9.81. The second kappa shape index (κ2) is 5.95. The molecule has 1 aliphatic carbocycles. The van der Waals surface area contributed by atoms with E-state index in [1.807, 2.05) is 7.05 Å². The van der Waals surface area contributed by atoms with E-state index in [1.165, 1.54) is 31.4 Å². The summed E-state index contributed by atoms with van der Waals surface area (Å²) >= 11 is 0. The van der Waals surface area contributed by atoms with E-state index in [0.29, 0.717) is 5.92 Å². The monoisotopic (exact) mass is 271 g/mol. The Balaban J connectivity index is 2.14. The van der Waals surface area contributed by atoms with Gasteiger partial charge in [0.25, 0.3) is 0 Å². The Morgan fingerprint density at radius 3 is 2.11 bits per heavy atom. The fraction of sp³-hybridized carbons (Fsp3) is 0.600. The Morgan fingerprint density at radius 1 is 1.05 bits per heavy atom. The molecule has 1 aromatic rings. The molecule has 1 nitrogen and oxygen atoms in total. The quantitative estimate of drug-likeness (QED) is 0.850. The van der Waals surface area contributed by atoms with Gasteiger partial charge in [-0.05, 0) is 43.5 Å². The van der Waals surface area contributed by atoms with Crippen LogP contribution in [0.2, 0.25) is 0 Å². The highest BCUT2D eigenvalue weighted by Crippen LogP contribution is 2.35. The lowest BCUT2D eigenvalue weighted by molar-refractivity contribution is -0.137. The van der Waals surface area contributed by atoms with Crippen molar-refractivity contribution in [1.82, 2.24) is 5.32 Å². The highest BCUT2D eigenvalue weighted by molar-refractivity contribution is 5.27. The second-order valence-corrected chi connectivity index (χ2v) is 5.28. The van der Waals surface area contributed by atoms with E-state index in [-0.39, 0.29) is 6.04 Å². The summed E-state index contributed by atoms with van der Waals surface area (Å²) in [5.74, 6) is 0.537. The molecule has 0 amide bonds. The van der Waals surface area contributed by atoms with Crippen LogP contribution in [-0.4, -0.2) is 7.05 Å². The van der Waals surface area contributed by atoms with Crippen LogP contribution in [0.15, 0.2) is 24.3 Å². The van der Waals surface area contributed by atoms with E-state index >= 15 is 0 Å². The molecule has 0 spiro atoms.